The van der Waals surface area contributed by atoms with Gasteiger partial charge >= 0.3 is 0 Å². The van der Waals surface area contributed by atoms with E-state index in [0.717, 1.165) is 19.3 Å². The van der Waals surface area contributed by atoms with Crippen LogP contribution >= 0.6 is 0 Å². The SMILES string of the molecule is CC1=C(CCC(C)OC2OC(CO)C(O)C(O)C2O)C(C)(C)C(O)CC1. The molecule has 1 saturated heterocycles. The topological polar surface area (TPSA) is 120 Å². The van der Waals surface area contributed by atoms with Crippen LogP contribution in [-0.4, -0.2) is 75.1 Å². The molecule has 7 heteroatoms. The number of allylic oxidation sites excluding steroid dienone is 1. The lowest BCUT2D eigenvalue weighted by Gasteiger charge is -2.41. The van der Waals surface area contributed by atoms with E-state index in [1.165, 1.54) is 11.1 Å². The fourth-order valence-electron chi connectivity index (χ4n) is 3.98. The van der Waals surface area contributed by atoms with E-state index in [9.17, 15) is 25.5 Å². The molecule has 0 aromatic carbocycles. The molecule has 1 fully saturated rings. The van der Waals surface area contributed by atoms with Crippen molar-refractivity contribution in [2.24, 2.45) is 5.41 Å². The zero-order valence-corrected chi connectivity index (χ0v) is 16.1. The van der Waals surface area contributed by atoms with Gasteiger partial charge in [-0.05, 0) is 39.5 Å². The average molecular weight is 374 g/mol. The van der Waals surface area contributed by atoms with Crippen molar-refractivity contribution < 1.29 is 35.0 Å². The molecule has 7 atom stereocenters. The first-order valence-corrected chi connectivity index (χ1v) is 9.42. The van der Waals surface area contributed by atoms with Gasteiger partial charge in [-0.3, -0.25) is 0 Å². The second-order valence-corrected chi connectivity index (χ2v) is 8.22. The standard InChI is InChI=1S/C19H34O7/c1-10-5-8-14(21)19(3,4)12(10)7-6-11(2)25-18-17(24)16(23)15(22)13(9-20)26-18/h11,13-18,20-24H,5-9H2,1-4H3. The molecule has 1 aliphatic heterocycles. The zero-order valence-electron chi connectivity index (χ0n) is 16.1. The highest BCUT2D eigenvalue weighted by Crippen LogP contribution is 2.42. The summed E-state index contributed by atoms with van der Waals surface area (Å²) in [7, 11) is 0. The van der Waals surface area contributed by atoms with E-state index in [1.807, 2.05) is 6.92 Å². The van der Waals surface area contributed by atoms with Gasteiger partial charge in [0.1, 0.15) is 24.4 Å². The first kappa shape index (κ1) is 21.8. The number of rotatable bonds is 6. The number of hydrogen-bond acceptors (Lipinski definition) is 7. The summed E-state index contributed by atoms with van der Waals surface area (Å²) in [5.41, 5.74) is 2.27. The van der Waals surface area contributed by atoms with Crippen molar-refractivity contribution >= 4 is 0 Å². The molecule has 0 amide bonds. The van der Waals surface area contributed by atoms with Crippen molar-refractivity contribution in [3.8, 4) is 0 Å². The third-order valence-electron chi connectivity index (χ3n) is 5.93. The Labute approximate surface area is 155 Å². The first-order chi connectivity index (χ1) is 12.1. The van der Waals surface area contributed by atoms with Gasteiger partial charge in [0.25, 0.3) is 0 Å². The number of aliphatic hydroxyl groups excluding tert-OH is 5. The molecule has 1 aliphatic carbocycles. The molecule has 7 unspecified atom stereocenters. The smallest absolute Gasteiger partial charge is 0.186 e. The van der Waals surface area contributed by atoms with Crippen molar-refractivity contribution in [2.45, 2.75) is 96.3 Å². The maximum Gasteiger partial charge on any atom is 0.186 e. The van der Waals surface area contributed by atoms with Crippen molar-refractivity contribution in [1.29, 1.82) is 0 Å². The number of ether oxygens (including phenoxy) is 2. The molecule has 0 spiro atoms. The van der Waals surface area contributed by atoms with Crippen LogP contribution in [0.2, 0.25) is 0 Å². The molecule has 152 valence electrons. The van der Waals surface area contributed by atoms with Crippen molar-refractivity contribution in [2.75, 3.05) is 6.61 Å². The Hall–Kier alpha value is -0.540. The maximum absolute atomic E-state index is 10.3. The molecule has 2 aliphatic rings. The number of hydrogen-bond donors (Lipinski definition) is 5. The molecule has 7 nitrogen and oxygen atoms in total. The Kier molecular flexibility index (Phi) is 7.23. The molecular formula is C19H34O7. The van der Waals surface area contributed by atoms with Gasteiger partial charge in [-0.2, -0.15) is 0 Å². The monoisotopic (exact) mass is 374 g/mol. The largest absolute Gasteiger partial charge is 0.394 e. The van der Waals surface area contributed by atoms with E-state index in [2.05, 4.69) is 20.8 Å². The summed E-state index contributed by atoms with van der Waals surface area (Å²) in [4.78, 5) is 0. The van der Waals surface area contributed by atoms with Crippen LogP contribution in [-0.2, 0) is 9.47 Å². The van der Waals surface area contributed by atoms with E-state index in [4.69, 9.17) is 9.47 Å². The van der Waals surface area contributed by atoms with Crippen LogP contribution in [0.15, 0.2) is 11.1 Å². The Morgan fingerprint density at radius 3 is 2.42 bits per heavy atom. The van der Waals surface area contributed by atoms with Crippen LogP contribution in [0.25, 0.3) is 0 Å². The summed E-state index contributed by atoms with van der Waals surface area (Å²) in [5.74, 6) is 0. The quantitative estimate of drug-likeness (QED) is 0.429. The van der Waals surface area contributed by atoms with Crippen LogP contribution < -0.4 is 0 Å². The van der Waals surface area contributed by atoms with Gasteiger partial charge in [-0.15, -0.1) is 0 Å². The second-order valence-electron chi connectivity index (χ2n) is 8.22. The van der Waals surface area contributed by atoms with Gasteiger partial charge in [0.15, 0.2) is 6.29 Å². The zero-order chi connectivity index (χ0) is 19.6. The van der Waals surface area contributed by atoms with Crippen molar-refractivity contribution in [1.82, 2.24) is 0 Å². The highest BCUT2D eigenvalue weighted by atomic mass is 16.7. The Morgan fingerprint density at radius 2 is 1.81 bits per heavy atom. The minimum absolute atomic E-state index is 0.272. The lowest BCUT2D eigenvalue weighted by Crippen LogP contribution is -2.59. The fourth-order valence-corrected chi connectivity index (χ4v) is 3.98. The van der Waals surface area contributed by atoms with E-state index >= 15 is 0 Å². The van der Waals surface area contributed by atoms with Gasteiger partial charge in [0, 0.05) is 5.41 Å². The normalized spacial score (nSPS) is 39.1. The van der Waals surface area contributed by atoms with E-state index in [-0.39, 0.29) is 17.6 Å². The fraction of sp³-hybridized carbons (Fsp3) is 0.895. The molecule has 0 radical (unpaired) electrons. The number of aliphatic hydroxyl groups is 5. The molecule has 2 rings (SSSR count). The molecular weight excluding hydrogens is 340 g/mol. The Morgan fingerprint density at radius 1 is 1.15 bits per heavy atom. The van der Waals surface area contributed by atoms with E-state index in [0.29, 0.717) is 6.42 Å². The van der Waals surface area contributed by atoms with E-state index < -0.39 is 37.3 Å². The lowest BCUT2D eigenvalue weighted by atomic mass is 9.69. The average Bonchev–Trinajstić information content (AvgIpc) is 2.58. The predicted octanol–water partition coefficient (Wildman–Crippen LogP) is 0.469. The van der Waals surface area contributed by atoms with Crippen molar-refractivity contribution in [3.63, 3.8) is 0 Å². The molecule has 0 aromatic rings. The highest BCUT2D eigenvalue weighted by Gasteiger charge is 2.44. The molecule has 0 aromatic heterocycles. The molecule has 0 saturated carbocycles. The van der Waals surface area contributed by atoms with Crippen LogP contribution in [0, 0.1) is 5.41 Å². The molecule has 1 heterocycles. The summed E-state index contributed by atoms with van der Waals surface area (Å²) in [6.07, 6.45) is -3.83. The van der Waals surface area contributed by atoms with Gasteiger partial charge in [0.05, 0.1) is 18.8 Å². The van der Waals surface area contributed by atoms with Gasteiger partial charge in [-0.25, -0.2) is 0 Å². The van der Waals surface area contributed by atoms with Gasteiger partial charge in [0.2, 0.25) is 0 Å². The summed E-state index contributed by atoms with van der Waals surface area (Å²) in [6, 6.07) is 0. The summed E-state index contributed by atoms with van der Waals surface area (Å²) in [6.45, 7) is 7.59. The minimum Gasteiger partial charge on any atom is -0.394 e. The lowest BCUT2D eigenvalue weighted by molar-refractivity contribution is -0.310. The van der Waals surface area contributed by atoms with E-state index in [1.54, 1.807) is 0 Å². The van der Waals surface area contributed by atoms with Gasteiger partial charge in [-0.1, -0.05) is 25.0 Å². The Bertz CT molecular complexity index is 502. The van der Waals surface area contributed by atoms with Crippen LogP contribution in [0.4, 0.5) is 0 Å². The van der Waals surface area contributed by atoms with Gasteiger partial charge < -0.3 is 35.0 Å². The molecule has 26 heavy (non-hydrogen) atoms. The highest BCUT2D eigenvalue weighted by molar-refractivity contribution is 5.24. The van der Waals surface area contributed by atoms with Crippen LogP contribution in [0.5, 0.6) is 0 Å². The summed E-state index contributed by atoms with van der Waals surface area (Å²) >= 11 is 0. The molecule has 0 bridgehead atoms. The minimum atomic E-state index is -1.43. The van der Waals surface area contributed by atoms with Crippen LogP contribution in [0.3, 0.4) is 0 Å². The second kappa shape index (κ2) is 8.65. The molecule has 5 N–H and O–H groups in total. The maximum atomic E-state index is 10.3. The van der Waals surface area contributed by atoms with Crippen molar-refractivity contribution in [3.05, 3.63) is 11.1 Å². The summed E-state index contributed by atoms with van der Waals surface area (Å²) < 4.78 is 11.1. The third-order valence-corrected chi connectivity index (χ3v) is 5.93. The third kappa shape index (κ3) is 4.47. The summed E-state index contributed by atoms with van der Waals surface area (Å²) in [5, 5.41) is 49.3. The van der Waals surface area contributed by atoms with Crippen LogP contribution in [0.1, 0.15) is 53.4 Å². The first-order valence-electron chi connectivity index (χ1n) is 9.42. The predicted molar refractivity (Wildman–Crippen MR) is 95.3 cm³/mol. The Balaban J connectivity index is 1.95.